The van der Waals surface area contributed by atoms with Gasteiger partial charge < -0.3 is 5.11 Å². The van der Waals surface area contributed by atoms with Crippen molar-refractivity contribution in [2.24, 2.45) is 11.3 Å². The molecule has 1 aromatic carbocycles. The molecule has 1 saturated carbocycles. The van der Waals surface area contributed by atoms with Crippen LogP contribution in [0.1, 0.15) is 37.9 Å². The van der Waals surface area contributed by atoms with Gasteiger partial charge in [0.15, 0.2) is 17.5 Å². The standard InChI is InChI=1S/C14H14F3NO/c1-8-2-3-14(6-8,7-18)13(19)9-4-10(15)12(17)11(16)5-9/h4-5,8,13,19H,2-3,6H2,1H3. The predicted octanol–water partition coefficient (Wildman–Crippen LogP) is 3.47. The molecule has 0 aromatic heterocycles. The Labute approximate surface area is 109 Å². The van der Waals surface area contributed by atoms with E-state index < -0.39 is 29.0 Å². The number of halogens is 3. The summed E-state index contributed by atoms with van der Waals surface area (Å²) < 4.78 is 39.3. The molecule has 1 aliphatic carbocycles. The molecule has 19 heavy (non-hydrogen) atoms. The molecule has 0 amide bonds. The Morgan fingerprint density at radius 1 is 1.37 bits per heavy atom. The molecular weight excluding hydrogens is 255 g/mol. The van der Waals surface area contributed by atoms with Gasteiger partial charge in [0, 0.05) is 0 Å². The predicted molar refractivity (Wildman–Crippen MR) is 62.3 cm³/mol. The zero-order valence-electron chi connectivity index (χ0n) is 10.5. The maximum Gasteiger partial charge on any atom is 0.194 e. The number of rotatable bonds is 2. The van der Waals surface area contributed by atoms with Crippen LogP contribution in [0.15, 0.2) is 12.1 Å². The molecule has 1 N–H and O–H groups in total. The molecule has 0 bridgehead atoms. The van der Waals surface area contributed by atoms with Gasteiger partial charge >= 0.3 is 0 Å². The topological polar surface area (TPSA) is 44.0 Å². The van der Waals surface area contributed by atoms with E-state index in [2.05, 4.69) is 6.07 Å². The van der Waals surface area contributed by atoms with Gasteiger partial charge in [-0.25, -0.2) is 13.2 Å². The molecule has 3 unspecified atom stereocenters. The van der Waals surface area contributed by atoms with Crippen molar-refractivity contribution in [3.05, 3.63) is 35.1 Å². The van der Waals surface area contributed by atoms with E-state index in [9.17, 15) is 23.5 Å². The van der Waals surface area contributed by atoms with Crippen molar-refractivity contribution in [2.75, 3.05) is 0 Å². The lowest BCUT2D eigenvalue weighted by Gasteiger charge is -2.27. The largest absolute Gasteiger partial charge is 0.387 e. The maximum atomic E-state index is 13.2. The summed E-state index contributed by atoms with van der Waals surface area (Å²) in [5.74, 6) is -4.01. The number of aliphatic hydroxyl groups excluding tert-OH is 1. The number of hydrogen-bond acceptors (Lipinski definition) is 2. The van der Waals surface area contributed by atoms with E-state index >= 15 is 0 Å². The Hall–Kier alpha value is -1.54. The van der Waals surface area contributed by atoms with Crippen molar-refractivity contribution in [3.8, 4) is 6.07 Å². The summed E-state index contributed by atoms with van der Waals surface area (Å²) in [6, 6.07) is 3.58. The van der Waals surface area contributed by atoms with Crippen molar-refractivity contribution >= 4 is 0 Å². The average molecular weight is 269 g/mol. The minimum atomic E-state index is -1.57. The van der Waals surface area contributed by atoms with Crippen LogP contribution in [0.4, 0.5) is 13.2 Å². The summed E-state index contributed by atoms with van der Waals surface area (Å²) in [7, 11) is 0. The van der Waals surface area contributed by atoms with Crippen LogP contribution in [0.25, 0.3) is 0 Å². The minimum absolute atomic E-state index is 0.0907. The van der Waals surface area contributed by atoms with Crippen molar-refractivity contribution in [2.45, 2.75) is 32.3 Å². The van der Waals surface area contributed by atoms with Crippen LogP contribution in [-0.2, 0) is 0 Å². The summed E-state index contributed by atoms with van der Waals surface area (Å²) in [6.45, 7) is 1.96. The fraction of sp³-hybridized carbons (Fsp3) is 0.500. The summed E-state index contributed by atoms with van der Waals surface area (Å²) in [5.41, 5.74) is -1.14. The van der Waals surface area contributed by atoms with Gasteiger partial charge in [-0.3, -0.25) is 0 Å². The Balaban J connectivity index is 2.39. The van der Waals surface area contributed by atoms with Crippen molar-refractivity contribution < 1.29 is 18.3 Å². The van der Waals surface area contributed by atoms with Crippen LogP contribution in [0, 0.1) is 40.1 Å². The van der Waals surface area contributed by atoms with Crippen molar-refractivity contribution in [1.29, 1.82) is 5.26 Å². The maximum absolute atomic E-state index is 13.2. The van der Waals surface area contributed by atoms with E-state index in [-0.39, 0.29) is 11.5 Å². The monoisotopic (exact) mass is 269 g/mol. The average Bonchev–Trinajstić information content (AvgIpc) is 2.77. The minimum Gasteiger partial charge on any atom is -0.387 e. The van der Waals surface area contributed by atoms with Crippen LogP contribution in [-0.4, -0.2) is 5.11 Å². The van der Waals surface area contributed by atoms with Gasteiger partial charge in [0.2, 0.25) is 0 Å². The summed E-state index contributed by atoms with van der Waals surface area (Å²) >= 11 is 0. The molecule has 2 rings (SSSR count). The molecule has 5 heteroatoms. The van der Waals surface area contributed by atoms with Gasteiger partial charge in [0.25, 0.3) is 0 Å². The van der Waals surface area contributed by atoms with Crippen molar-refractivity contribution in [3.63, 3.8) is 0 Å². The molecule has 0 spiro atoms. The lowest BCUT2D eigenvalue weighted by atomic mass is 9.78. The molecule has 1 aliphatic rings. The molecule has 1 aromatic rings. The quantitative estimate of drug-likeness (QED) is 0.835. The van der Waals surface area contributed by atoms with Crippen LogP contribution >= 0.6 is 0 Å². The SMILES string of the molecule is CC1CCC(C#N)(C(O)c2cc(F)c(F)c(F)c2)C1. The lowest BCUT2D eigenvalue weighted by Crippen LogP contribution is -2.25. The molecular formula is C14H14F3NO. The van der Waals surface area contributed by atoms with Crippen molar-refractivity contribution in [1.82, 2.24) is 0 Å². The lowest BCUT2D eigenvalue weighted by molar-refractivity contribution is 0.0640. The molecule has 1 fully saturated rings. The van der Waals surface area contributed by atoms with E-state index in [1.54, 1.807) is 0 Å². The number of aliphatic hydroxyl groups is 1. The first-order valence-electron chi connectivity index (χ1n) is 6.13. The summed E-state index contributed by atoms with van der Waals surface area (Å²) in [5, 5.41) is 19.5. The van der Waals surface area contributed by atoms with E-state index in [0.29, 0.717) is 12.8 Å². The first kappa shape index (κ1) is 13.9. The molecule has 0 aliphatic heterocycles. The Bertz CT molecular complexity index is 517. The van der Waals surface area contributed by atoms with E-state index in [0.717, 1.165) is 18.6 Å². The molecule has 0 radical (unpaired) electrons. The normalized spacial score (nSPS) is 28.1. The van der Waals surface area contributed by atoms with Gasteiger partial charge in [0.05, 0.1) is 17.6 Å². The van der Waals surface area contributed by atoms with E-state index in [1.807, 2.05) is 6.92 Å². The third kappa shape index (κ3) is 2.33. The second-order valence-corrected chi connectivity index (χ2v) is 5.32. The highest BCUT2D eigenvalue weighted by Crippen LogP contribution is 2.49. The summed E-state index contributed by atoms with van der Waals surface area (Å²) in [4.78, 5) is 0. The summed E-state index contributed by atoms with van der Waals surface area (Å²) in [6.07, 6.45) is 0.390. The number of hydrogen-bond donors (Lipinski definition) is 1. The van der Waals surface area contributed by atoms with Crippen LogP contribution in [0.2, 0.25) is 0 Å². The Kier molecular flexibility index (Phi) is 3.55. The Morgan fingerprint density at radius 3 is 2.37 bits per heavy atom. The number of nitrogens with zero attached hydrogens (tertiary/aromatic N) is 1. The van der Waals surface area contributed by atoms with Gasteiger partial charge in [-0.1, -0.05) is 6.92 Å². The van der Waals surface area contributed by atoms with Gasteiger partial charge in [0.1, 0.15) is 0 Å². The fourth-order valence-electron chi connectivity index (χ4n) is 2.79. The molecule has 0 saturated heterocycles. The fourth-order valence-corrected chi connectivity index (χ4v) is 2.79. The van der Waals surface area contributed by atoms with Gasteiger partial charge in [-0.2, -0.15) is 5.26 Å². The third-order valence-electron chi connectivity index (χ3n) is 3.86. The zero-order chi connectivity index (χ0) is 14.2. The smallest absolute Gasteiger partial charge is 0.194 e. The second kappa shape index (κ2) is 4.86. The highest BCUT2D eigenvalue weighted by molar-refractivity contribution is 5.26. The third-order valence-corrected chi connectivity index (χ3v) is 3.86. The van der Waals surface area contributed by atoms with E-state index in [4.69, 9.17) is 0 Å². The number of nitriles is 1. The first-order valence-corrected chi connectivity index (χ1v) is 6.13. The van der Waals surface area contributed by atoms with Crippen LogP contribution in [0.3, 0.4) is 0 Å². The molecule has 0 heterocycles. The Morgan fingerprint density at radius 2 is 1.95 bits per heavy atom. The van der Waals surface area contributed by atoms with Gasteiger partial charge in [-0.05, 0) is 42.9 Å². The van der Waals surface area contributed by atoms with Crippen LogP contribution in [0.5, 0.6) is 0 Å². The molecule has 2 nitrogen and oxygen atoms in total. The number of benzene rings is 1. The highest BCUT2D eigenvalue weighted by Gasteiger charge is 2.44. The first-order chi connectivity index (χ1) is 8.89. The second-order valence-electron chi connectivity index (χ2n) is 5.32. The molecule has 3 atom stereocenters. The highest BCUT2D eigenvalue weighted by atomic mass is 19.2. The van der Waals surface area contributed by atoms with E-state index in [1.165, 1.54) is 0 Å². The van der Waals surface area contributed by atoms with Gasteiger partial charge in [-0.15, -0.1) is 0 Å². The van der Waals surface area contributed by atoms with Crippen LogP contribution < -0.4 is 0 Å². The molecule has 102 valence electrons. The zero-order valence-corrected chi connectivity index (χ0v) is 10.5.